The number of piperazine rings is 1. The van der Waals surface area contributed by atoms with Crippen LogP contribution in [-0.2, 0) is 5.41 Å². The Morgan fingerprint density at radius 3 is 2.48 bits per heavy atom. The van der Waals surface area contributed by atoms with E-state index in [1.807, 2.05) is 45.6 Å². The molecule has 1 aromatic carbocycles. The van der Waals surface area contributed by atoms with Crippen LogP contribution in [-0.4, -0.2) is 62.0 Å². The summed E-state index contributed by atoms with van der Waals surface area (Å²) in [5.74, 6) is -1.60. The third-order valence-electron chi connectivity index (χ3n) is 7.04. The van der Waals surface area contributed by atoms with Crippen LogP contribution in [0.4, 0.5) is 10.2 Å². The summed E-state index contributed by atoms with van der Waals surface area (Å²) >= 11 is 5.88. The Morgan fingerprint density at radius 1 is 1.10 bits per heavy atom. The molecule has 0 aliphatic carbocycles. The van der Waals surface area contributed by atoms with Gasteiger partial charge in [0.1, 0.15) is 11.3 Å². The van der Waals surface area contributed by atoms with Crippen LogP contribution in [0.15, 0.2) is 47.1 Å². The highest BCUT2D eigenvalue weighted by Gasteiger charge is 2.40. The quantitative estimate of drug-likeness (QED) is 0.330. The average molecular weight is 566 g/mol. The number of aromatic nitrogens is 3. The number of rotatable bonds is 4. The van der Waals surface area contributed by atoms with Gasteiger partial charge >= 0.3 is 5.97 Å². The second-order valence-electron chi connectivity index (χ2n) is 11.5. The van der Waals surface area contributed by atoms with Gasteiger partial charge in [-0.1, -0.05) is 38.4 Å². The first-order valence-corrected chi connectivity index (χ1v) is 13.2. The Labute approximate surface area is 235 Å². The van der Waals surface area contributed by atoms with Gasteiger partial charge in [-0.25, -0.2) is 24.1 Å². The van der Waals surface area contributed by atoms with E-state index < -0.39 is 17.3 Å². The highest BCUT2D eigenvalue weighted by atomic mass is 35.5. The number of amides is 1. The summed E-state index contributed by atoms with van der Waals surface area (Å²) in [6.07, 6.45) is 2.79. The summed E-state index contributed by atoms with van der Waals surface area (Å²) in [6, 6.07) is 8.00. The molecule has 0 saturated carbocycles. The Hall–Kier alpha value is -4.05. The van der Waals surface area contributed by atoms with Crippen LogP contribution in [0.25, 0.3) is 22.4 Å². The average Bonchev–Trinajstić information content (AvgIpc) is 3.32. The minimum atomic E-state index is -1.16. The molecule has 3 aromatic heterocycles. The third-order valence-corrected chi connectivity index (χ3v) is 7.35. The van der Waals surface area contributed by atoms with Crippen molar-refractivity contribution < 1.29 is 23.5 Å². The lowest BCUT2D eigenvalue weighted by atomic mass is 9.86. The number of anilines is 1. The highest BCUT2D eigenvalue weighted by Crippen LogP contribution is 2.36. The van der Waals surface area contributed by atoms with Gasteiger partial charge in [-0.15, -0.1) is 0 Å². The van der Waals surface area contributed by atoms with Gasteiger partial charge in [-0.2, -0.15) is 0 Å². The molecule has 5 rings (SSSR count). The van der Waals surface area contributed by atoms with Gasteiger partial charge in [0.25, 0.3) is 5.91 Å². The van der Waals surface area contributed by atoms with Crippen molar-refractivity contribution in [2.24, 2.45) is 0 Å². The Kier molecular flexibility index (Phi) is 6.78. The number of hydrogen-bond acceptors (Lipinski definition) is 7. The van der Waals surface area contributed by atoms with E-state index in [4.69, 9.17) is 21.0 Å². The zero-order valence-corrected chi connectivity index (χ0v) is 23.6. The maximum atomic E-state index is 14.2. The van der Waals surface area contributed by atoms with Crippen LogP contribution < -0.4 is 4.90 Å². The van der Waals surface area contributed by atoms with Gasteiger partial charge in [0.2, 0.25) is 0 Å². The molecule has 4 heterocycles. The lowest BCUT2D eigenvalue weighted by Gasteiger charge is -2.47. The number of carbonyl (C=O) groups is 2. The van der Waals surface area contributed by atoms with Crippen molar-refractivity contribution in [3.63, 3.8) is 0 Å². The van der Waals surface area contributed by atoms with E-state index in [0.29, 0.717) is 42.0 Å². The lowest BCUT2D eigenvalue weighted by Crippen LogP contribution is -2.61. The normalized spacial score (nSPS) is 15.5. The number of nitrogens with zero attached hydrogens (tertiary/aromatic N) is 5. The van der Waals surface area contributed by atoms with E-state index in [2.05, 4.69) is 9.97 Å². The molecule has 40 heavy (non-hydrogen) atoms. The number of carboxylic acids is 1. The maximum absolute atomic E-state index is 14.2. The molecule has 0 atom stereocenters. The zero-order chi connectivity index (χ0) is 29.0. The standard InChI is InChI=1S/C29H29ClFN5O4/c1-28(2,3)17-13-20(16-6-7-18(30)19(31)12-16)34-21-14-22(40-24(17)21)26(37)36-11-10-35(15-29(36,4)5)25-23(27(38)39)32-8-9-33-25/h6-9,12-14H,10-11,15H2,1-5H3,(H,38,39). The number of hydrogen-bond donors (Lipinski definition) is 1. The van der Waals surface area contributed by atoms with Gasteiger partial charge in [0.05, 0.1) is 16.3 Å². The molecule has 1 amide bonds. The van der Waals surface area contributed by atoms with Crippen molar-refractivity contribution in [1.82, 2.24) is 19.9 Å². The minimum absolute atomic E-state index is 0.0262. The second-order valence-corrected chi connectivity index (χ2v) is 11.9. The van der Waals surface area contributed by atoms with Crippen LogP contribution in [0.5, 0.6) is 0 Å². The molecule has 1 fully saturated rings. The summed E-state index contributed by atoms with van der Waals surface area (Å²) in [7, 11) is 0. The lowest BCUT2D eigenvalue weighted by molar-refractivity contribution is 0.0481. The van der Waals surface area contributed by atoms with Gasteiger partial charge in [0.15, 0.2) is 22.9 Å². The van der Waals surface area contributed by atoms with Gasteiger partial charge < -0.3 is 19.3 Å². The molecule has 0 radical (unpaired) electrons. The molecule has 0 spiro atoms. The fourth-order valence-corrected chi connectivity index (χ4v) is 5.16. The molecule has 11 heteroatoms. The van der Waals surface area contributed by atoms with E-state index in [1.54, 1.807) is 17.0 Å². The molecule has 1 N–H and O–H groups in total. The fourth-order valence-electron chi connectivity index (χ4n) is 5.05. The van der Waals surface area contributed by atoms with Crippen molar-refractivity contribution >= 4 is 40.4 Å². The molecule has 4 aromatic rings. The summed E-state index contributed by atoms with van der Waals surface area (Å²) in [6.45, 7) is 10.9. The Bertz CT molecular complexity index is 1650. The molecule has 1 aliphatic rings. The number of halogens is 2. The number of carbonyl (C=O) groups excluding carboxylic acids is 1. The molecule has 9 nitrogen and oxygen atoms in total. The first kappa shape index (κ1) is 27.5. The Morgan fingerprint density at radius 2 is 1.82 bits per heavy atom. The molecular formula is C29H29ClFN5O4. The van der Waals surface area contributed by atoms with Crippen LogP contribution in [0.3, 0.4) is 0 Å². The van der Waals surface area contributed by atoms with Crippen LogP contribution in [0.1, 0.15) is 61.2 Å². The Balaban J connectivity index is 1.49. The topological polar surface area (TPSA) is 113 Å². The van der Waals surface area contributed by atoms with Crippen molar-refractivity contribution in [2.75, 3.05) is 24.5 Å². The fraction of sp³-hybridized carbons (Fsp3) is 0.345. The number of pyridine rings is 1. The van der Waals surface area contributed by atoms with E-state index in [-0.39, 0.29) is 33.6 Å². The summed E-state index contributed by atoms with van der Waals surface area (Å²) in [5.41, 5.74) is 1.74. The number of carboxylic acid groups (broad SMARTS) is 1. The van der Waals surface area contributed by atoms with E-state index >= 15 is 0 Å². The summed E-state index contributed by atoms with van der Waals surface area (Å²) in [4.78, 5) is 41.9. The number of furan rings is 1. The minimum Gasteiger partial charge on any atom is -0.476 e. The van der Waals surface area contributed by atoms with E-state index in [0.717, 1.165) is 5.56 Å². The van der Waals surface area contributed by atoms with Crippen LogP contribution in [0.2, 0.25) is 5.02 Å². The van der Waals surface area contributed by atoms with E-state index in [1.165, 1.54) is 24.5 Å². The van der Waals surface area contributed by atoms with Crippen molar-refractivity contribution in [3.05, 3.63) is 70.6 Å². The first-order chi connectivity index (χ1) is 18.8. The second kappa shape index (κ2) is 9.85. The van der Waals surface area contributed by atoms with Gasteiger partial charge in [-0.3, -0.25) is 4.79 Å². The van der Waals surface area contributed by atoms with Crippen molar-refractivity contribution in [1.29, 1.82) is 0 Å². The molecular weight excluding hydrogens is 537 g/mol. The summed E-state index contributed by atoms with van der Waals surface area (Å²) in [5, 5.41) is 9.57. The molecule has 208 valence electrons. The third kappa shape index (κ3) is 4.99. The maximum Gasteiger partial charge on any atom is 0.358 e. The van der Waals surface area contributed by atoms with E-state index in [9.17, 15) is 19.1 Å². The predicted octanol–water partition coefficient (Wildman–Crippen LogP) is 5.81. The van der Waals surface area contributed by atoms with Crippen LogP contribution >= 0.6 is 11.6 Å². The number of aromatic carboxylic acids is 1. The first-order valence-electron chi connectivity index (χ1n) is 12.8. The molecule has 0 bridgehead atoms. The van der Waals surface area contributed by atoms with Crippen molar-refractivity contribution in [2.45, 2.75) is 45.6 Å². The van der Waals surface area contributed by atoms with Crippen molar-refractivity contribution in [3.8, 4) is 11.3 Å². The molecule has 1 aliphatic heterocycles. The largest absolute Gasteiger partial charge is 0.476 e. The SMILES string of the molecule is CC(C)(C)c1cc(-c2ccc(Cl)c(F)c2)nc2cc(C(=O)N3CCN(c4nccnc4C(=O)O)CC3(C)C)oc12. The zero-order valence-electron chi connectivity index (χ0n) is 22.8. The number of benzene rings is 1. The van der Waals surface area contributed by atoms with Gasteiger partial charge in [-0.05, 0) is 37.5 Å². The monoisotopic (exact) mass is 565 g/mol. The number of fused-ring (bicyclic) bond motifs is 1. The molecule has 1 saturated heterocycles. The summed E-state index contributed by atoms with van der Waals surface area (Å²) < 4.78 is 20.4. The highest BCUT2D eigenvalue weighted by molar-refractivity contribution is 6.30. The molecule has 0 unspecified atom stereocenters. The van der Waals surface area contributed by atoms with Gasteiger partial charge in [0, 0.05) is 49.2 Å². The smallest absolute Gasteiger partial charge is 0.358 e. The van der Waals surface area contributed by atoms with Crippen LogP contribution in [0, 0.1) is 5.82 Å². The predicted molar refractivity (Wildman–Crippen MR) is 149 cm³/mol.